The van der Waals surface area contributed by atoms with Gasteiger partial charge in [-0.25, -0.2) is 0 Å². The summed E-state index contributed by atoms with van der Waals surface area (Å²) in [5.74, 6) is 2.25. The summed E-state index contributed by atoms with van der Waals surface area (Å²) in [4.78, 5) is 4.69. The van der Waals surface area contributed by atoms with E-state index in [-0.39, 0.29) is 18.3 Å². The van der Waals surface area contributed by atoms with Crippen LogP contribution in [0, 0.1) is 6.92 Å². The molecule has 0 unspecified atom stereocenters. The smallest absolute Gasteiger partial charge is 0.142 e. The van der Waals surface area contributed by atoms with Crippen LogP contribution in [0.25, 0.3) is 11.1 Å². The van der Waals surface area contributed by atoms with Crippen LogP contribution < -0.4 is 19.9 Å². The van der Waals surface area contributed by atoms with E-state index in [0.29, 0.717) is 36.3 Å². The van der Waals surface area contributed by atoms with Crippen molar-refractivity contribution >= 4 is 11.6 Å². The van der Waals surface area contributed by atoms with Crippen molar-refractivity contribution in [2.24, 2.45) is 5.73 Å². The molecule has 9 heteroatoms. The van der Waals surface area contributed by atoms with Crippen molar-refractivity contribution in [2.45, 2.75) is 76.7 Å². The lowest BCUT2D eigenvalue weighted by atomic mass is 9.93. The van der Waals surface area contributed by atoms with Crippen LogP contribution in [0.4, 0.5) is 0 Å². The first-order valence-corrected chi connectivity index (χ1v) is 17.7. The Morgan fingerprint density at radius 2 is 1.49 bits per heavy atom. The molecule has 2 fully saturated rings. The second-order valence-electron chi connectivity index (χ2n) is 13.3. The Hall–Kier alpha value is -2.85. The second kappa shape index (κ2) is 16.0. The zero-order chi connectivity index (χ0) is 32.8. The third-order valence-corrected chi connectivity index (χ3v) is 10.2. The molecule has 3 aromatic rings. The Bertz CT molecular complexity index is 1490. The number of hydrogen-bond donors (Lipinski definition) is 3. The van der Waals surface area contributed by atoms with E-state index in [1.165, 1.54) is 22.3 Å². The minimum atomic E-state index is -0.210. The lowest BCUT2D eigenvalue weighted by Crippen LogP contribution is -2.36. The standard InChI is InChI=1S/C38H50ClN3O5/c1-26-30(6-3-9-35(26)45-20-4-15-41-17-12-28(43)13-18-41)31-7-2-8-33-32(31)10-11-36(33)47-38-23-37(27(24-40)22-34(38)39)46-21-5-16-42-19-14-29(44)25-42/h2-3,6-9,22-23,28-29,36,43-44H,4-5,10-21,24-25,40H2,1H3/t29-,36+/m1/s1. The van der Waals surface area contributed by atoms with E-state index in [9.17, 15) is 10.2 Å². The average molecular weight is 664 g/mol. The highest BCUT2D eigenvalue weighted by Gasteiger charge is 2.28. The topological polar surface area (TPSA) is 101 Å². The van der Waals surface area contributed by atoms with Crippen molar-refractivity contribution in [2.75, 3.05) is 52.5 Å². The third kappa shape index (κ3) is 8.42. The predicted molar refractivity (Wildman–Crippen MR) is 187 cm³/mol. The maximum atomic E-state index is 9.79. The number of nitrogens with two attached hydrogens (primary N) is 1. The van der Waals surface area contributed by atoms with Crippen LogP contribution in [0.5, 0.6) is 17.2 Å². The molecule has 0 saturated carbocycles. The van der Waals surface area contributed by atoms with Crippen molar-refractivity contribution in [3.63, 3.8) is 0 Å². The van der Waals surface area contributed by atoms with Crippen molar-refractivity contribution in [3.05, 3.63) is 75.8 Å². The van der Waals surface area contributed by atoms with Gasteiger partial charge < -0.3 is 40.0 Å². The minimum absolute atomic E-state index is 0.115. The Morgan fingerprint density at radius 3 is 2.23 bits per heavy atom. The first kappa shape index (κ1) is 34.0. The molecular weight excluding hydrogens is 614 g/mol. The Labute approximate surface area is 284 Å². The Kier molecular flexibility index (Phi) is 11.6. The first-order chi connectivity index (χ1) is 22.9. The molecule has 2 atom stereocenters. The van der Waals surface area contributed by atoms with E-state index >= 15 is 0 Å². The highest BCUT2D eigenvalue weighted by molar-refractivity contribution is 6.32. The number of aliphatic hydroxyl groups is 2. The molecular formula is C38H50ClN3O5. The number of ether oxygens (including phenoxy) is 3. The third-order valence-electron chi connectivity index (χ3n) is 9.95. The largest absolute Gasteiger partial charge is 0.493 e. The van der Waals surface area contributed by atoms with Gasteiger partial charge in [0, 0.05) is 57.4 Å². The lowest BCUT2D eigenvalue weighted by Gasteiger charge is -2.29. The van der Waals surface area contributed by atoms with Crippen LogP contribution >= 0.6 is 11.6 Å². The van der Waals surface area contributed by atoms with Gasteiger partial charge in [-0.2, -0.15) is 0 Å². The summed E-state index contributed by atoms with van der Waals surface area (Å²) >= 11 is 6.72. The average Bonchev–Trinajstić information content (AvgIpc) is 3.69. The van der Waals surface area contributed by atoms with Gasteiger partial charge in [0.1, 0.15) is 23.4 Å². The zero-order valence-electron chi connectivity index (χ0n) is 27.6. The van der Waals surface area contributed by atoms with Gasteiger partial charge in [0.05, 0.1) is 30.4 Å². The molecule has 47 heavy (non-hydrogen) atoms. The van der Waals surface area contributed by atoms with Gasteiger partial charge >= 0.3 is 0 Å². The fourth-order valence-electron chi connectivity index (χ4n) is 7.27. The van der Waals surface area contributed by atoms with Crippen LogP contribution in [-0.2, 0) is 13.0 Å². The quantitative estimate of drug-likeness (QED) is 0.183. The molecule has 3 aromatic carbocycles. The second-order valence-corrected chi connectivity index (χ2v) is 13.7. The van der Waals surface area contributed by atoms with Crippen molar-refractivity contribution < 1.29 is 24.4 Å². The molecule has 0 spiro atoms. The molecule has 8 nitrogen and oxygen atoms in total. The van der Waals surface area contributed by atoms with Gasteiger partial charge in [-0.15, -0.1) is 0 Å². The molecule has 0 aromatic heterocycles. The fourth-order valence-corrected chi connectivity index (χ4v) is 7.50. The SMILES string of the molecule is Cc1c(OCCCN2CCC(O)CC2)cccc1-c1cccc2c1CC[C@@H]2Oc1cc(OCCCN2CC[C@@H](O)C2)c(CN)cc1Cl. The van der Waals surface area contributed by atoms with Gasteiger partial charge in [-0.1, -0.05) is 41.9 Å². The summed E-state index contributed by atoms with van der Waals surface area (Å²) in [7, 11) is 0. The maximum absolute atomic E-state index is 9.79. The summed E-state index contributed by atoms with van der Waals surface area (Å²) in [5, 5.41) is 20.1. The van der Waals surface area contributed by atoms with E-state index < -0.39 is 0 Å². The number of halogens is 1. The summed E-state index contributed by atoms with van der Waals surface area (Å²) in [6, 6.07) is 16.6. The lowest BCUT2D eigenvalue weighted by molar-refractivity contribution is 0.0800. The van der Waals surface area contributed by atoms with Crippen LogP contribution in [0.2, 0.25) is 5.02 Å². The molecule has 0 radical (unpaired) electrons. The minimum Gasteiger partial charge on any atom is -0.493 e. The molecule has 2 aliphatic heterocycles. The number of hydrogen-bond acceptors (Lipinski definition) is 8. The van der Waals surface area contributed by atoms with Gasteiger partial charge in [-0.05, 0) is 91.8 Å². The van der Waals surface area contributed by atoms with Crippen molar-refractivity contribution in [1.29, 1.82) is 0 Å². The van der Waals surface area contributed by atoms with Gasteiger partial charge in [0.15, 0.2) is 0 Å². The number of fused-ring (bicyclic) bond motifs is 1. The fraction of sp³-hybridized carbons (Fsp3) is 0.526. The molecule has 1 aliphatic carbocycles. The molecule has 4 N–H and O–H groups in total. The molecule has 2 saturated heterocycles. The summed E-state index contributed by atoms with van der Waals surface area (Å²) in [6.07, 6.45) is 5.72. The Morgan fingerprint density at radius 1 is 0.809 bits per heavy atom. The van der Waals surface area contributed by atoms with E-state index in [1.54, 1.807) is 0 Å². The molecule has 254 valence electrons. The van der Waals surface area contributed by atoms with Gasteiger partial charge in [-0.3, -0.25) is 0 Å². The monoisotopic (exact) mass is 663 g/mol. The highest BCUT2D eigenvalue weighted by atomic mass is 35.5. The van der Waals surface area contributed by atoms with Crippen LogP contribution in [0.1, 0.15) is 66.9 Å². The normalized spacial score (nSPS) is 20.4. The summed E-state index contributed by atoms with van der Waals surface area (Å²) in [5.41, 5.74) is 13.0. The number of aliphatic hydroxyl groups excluding tert-OH is 2. The van der Waals surface area contributed by atoms with Crippen molar-refractivity contribution in [3.8, 4) is 28.4 Å². The van der Waals surface area contributed by atoms with Crippen molar-refractivity contribution in [1.82, 2.24) is 9.80 Å². The first-order valence-electron chi connectivity index (χ1n) is 17.4. The molecule has 6 rings (SSSR count). The molecule has 3 aliphatic rings. The maximum Gasteiger partial charge on any atom is 0.142 e. The van der Waals surface area contributed by atoms with E-state index in [2.05, 4.69) is 53.1 Å². The number of β-amino-alcohol motifs (C(OH)–C–C–N with tert-alkyl or cyclic N) is 1. The molecule has 0 amide bonds. The van der Waals surface area contributed by atoms with Crippen LogP contribution in [-0.4, -0.2) is 84.7 Å². The van der Waals surface area contributed by atoms with Gasteiger partial charge in [0.25, 0.3) is 0 Å². The Balaban J connectivity index is 1.10. The number of rotatable bonds is 14. The van der Waals surface area contributed by atoms with Crippen LogP contribution in [0.15, 0.2) is 48.5 Å². The summed E-state index contributed by atoms with van der Waals surface area (Å²) < 4.78 is 19.1. The highest BCUT2D eigenvalue weighted by Crippen LogP contribution is 2.44. The van der Waals surface area contributed by atoms with E-state index in [4.69, 9.17) is 31.5 Å². The summed E-state index contributed by atoms with van der Waals surface area (Å²) in [6.45, 7) is 9.20. The number of likely N-dealkylation sites (tertiary alicyclic amines) is 2. The predicted octanol–water partition coefficient (Wildman–Crippen LogP) is 5.90. The number of nitrogens with zero attached hydrogens (tertiary/aromatic N) is 2. The number of piperidine rings is 1. The van der Waals surface area contributed by atoms with Crippen LogP contribution in [0.3, 0.4) is 0 Å². The number of benzene rings is 3. The van der Waals surface area contributed by atoms with E-state index in [0.717, 1.165) is 101 Å². The van der Waals surface area contributed by atoms with E-state index in [1.807, 2.05) is 12.1 Å². The molecule has 2 heterocycles. The van der Waals surface area contributed by atoms with Gasteiger partial charge in [0.2, 0.25) is 0 Å². The zero-order valence-corrected chi connectivity index (χ0v) is 28.4. The molecule has 0 bridgehead atoms.